The van der Waals surface area contributed by atoms with Crippen molar-refractivity contribution in [2.45, 2.75) is 271 Å². The average molecular weight is 1010 g/mol. The molecule has 0 aromatic heterocycles. The van der Waals surface area contributed by atoms with E-state index in [1.54, 1.807) is 0 Å². The smallest absolute Gasteiger partial charge is 0.306 e. The van der Waals surface area contributed by atoms with Crippen LogP contribution in [0.1, 0.15) is 265 Å². The Bertz CT molecular complexity index is 1540. The molecule has 0 fully saturated rings. The Morgan fingerprint density at radius 3 is 0.932 bits per heavy atom. The molecule has 0 saturated heterocycles. The van der Waals surface area contributed by atoms with Gasteiger partial charge in [0.15, 0.2) is 6.10 Å². The summed E-state index contributed by atoms with van der Waals surface area (Å²) in [5.74, 6) is -0.978. The third kappa shape index (κ3) is 58.6. The van der Waals surface area contributed by atoms with Crippen LogP contribution in [0.3, 0.4) is 0 Å². The molecular weight excluding hydrogens is 901 g/mol. The van der Waals surface area contributed by atoms with Gasteiger partial charge in [-0.3, -0.25) is 14.4 Å². The molecule has 0 radical (unpaired) electrons. The van der Waals surface area contributed by atoms with E-state index in [0.717, 1.165) is 109 Å². The zero-order valence-corrected chi connectivity index (χ0v) is 47.4. The van der Waals surface area contributed by atoms with Gasteiger partial charge in [0.05, 0.1) is 0 Å². The minimum atomic E-state index is -0.811. The minimum absolute atomic E-state index is 0.104. The van der Waals surface area contributed by atoms with Gasteiger partial charge < -0.3 is 14.2 Å². The molecular formula is C67H110O6. The van der Waals surface area contributed by atoms with Crippen LogP contribution in [0, 0.1) is 0 Å². The first-order valence-corrected chi connectivity index (χ1v) is 30.0. The fourth-order valence-electron chi connectivity index (χ4n) is 7.93. The van der Waals surface area contributed by atoms with E-state index in [2.05, 4.69) is 142 Å². The highest BCUT2D eigenvalue weighted by molar-refractivity contribution is 5.71. The summed E-state index contributed by atoms with van der Waals surface area (Å²) in [7, 11) is 0. The molecule has 1 atom stereocenters. The van der Waals surface area contributed by atoms with Gasteiger partial charge in [0.2, 0.25) is 0 Å². The Morgan fingerprint density at radius 1 is 0.288 bits per heavy atom. The van der Waals surface area contributed by atoms with Crippen molar-refractivity contribution in [3.05, 3.63) is 122 Å². The van der Waals surface area contributed by atoms with Crippen molar-refractivity contribution < 1.29 is 28.6 Å². The van der Waals surface area contributed by atoms with Crippen molar-refractivity contribution in [2.24, 2.45) is 0 Å². The van der Waals surface area contributed by atoms with Crippen LogP contribution in [-0.2, 0) is 28.6 Å². The van der Waals surface area contributed by atoms with E-state index < -0.39 is 6.10 Å². The molecule has 6 nitrogen and oxygen atoms in total. The number of ether oxygens (including phenoxy) is 3. The Labute approximate surface area is 450 Å². The molecule has 0 aromatic carbocycles. The van der Waals surface area contributed by atoms with Crippen molar-refractivity contribution in [1.29, 1.82) is 0 Å². The number of hydrogen-bond acceptors (Lipinski definition) is 6. The third-order valence-electron chi connectivity index (χ3n) is 12.4. The maximum atomic E-state index is 12.9. The van der Waals surface area contributed by atoms with Gasteiger partial charge in [0.1, 0.15) is 13.2 Å². The van der Waals surface area contributed by atoms with Crippen molar-refractivity contribution in [3.8, 4) is 0 Å². The number of carbonyl (C=O) groups excluding carboxylic acids is 3. The highest BCUT2D eigenvalue weighted by Crippen LogP contribution is 2.14. The summed E-state index contributed by atoms with van der Waals surface area (Å²) in [4.78, 5) is 38.2. The second-order valence-corrected chi connectivity index (χ2v) is 19.5. The van der Waals surface area contributed by atoms with E-state index in [1.807, 2.05) is 0 Å². The number of unbranched alkanes of at least 4 members (excludes halogenated alkanes) is 22. The molecule has 0 aliphatic rings. The van der Waals surface area contributed by atoms with Crippen molar-refractivity contribution in [3.63, 3.8) is 0 Å². The summed E-state index contributed by atoms with van der Waals surface area (Å²) in [6.45, 7) is 6.43. The molecule has 0 aromatic rings. The third-order valence-corrected chi connectivity index (χ3v) is 12.4. The predicted molar refractivity (Wildman–Crippen MR) is 316 cm³/mol. The van der Waals surface area contributed by atoms with E-state index in [9.17, 15) is 14.4 Å². The molecule has 73 heavy (non-hydrogen) atoms. The summed E-state index contributed by atoms with van der Waals surface area (Å²) in [6, 6.07) is 0. The number of rotatable bonds is 53. The predicted octanol–water partition coefficient (Wildman–Crippen LogP) is 20.4. The molecule has 0 spiro atoms. The number of hydrogen-bond donors (Lipinski definition) is 0. The fourth-order valence-corrected chi connectivity index (χ4v) is 7.93. The molecule has 1 unspecified atom stereocenters. The lowest BCUT2D eigenvalue weighted by Gasteiger charge is -2.18. The van der Waals surface area contributed by atoms with Gasteiger partial charge in [-0.1, -0.05) is 239 Å². The molecule has 0 aliphatic carbocycles. The SMILES string of the molecule is CC/C=C\C/C=C\C/C=C\C/C=C\C/C=C\C/C=C\C/C=C\CCCC(=O)OCC(COC(=O)CCCCCCC/C=C\CCCCCC)OC(=O)CCCCCCCCCCC/C=C\C/C=C\CCCCC. The van der Waals surface area contributed by atoms with Gasteiger partial charge in [0, 0.05) is 19.3 Å². The Morgan fingerprint density at radius 2 is 0.548 bits per heavy atom. The van der Waals surface area contributed by atoms with Crippen LogP contribution in [0.4, 0.5) is 0 Å². The van der Waals surface area contributed by atoms with E-state index >= 15 is 0 Å². The van der Waals surface area contributed by atoms with Crippen molar-refractivity contribution in [2.75, 3.05) is 13.2 Å². The normalized spacial score (nSPS) is 13.0. The molecule has 0 heterocycles. The monoisotopic (exact) mass is 1010 g/mol. The fraction of sp³-hybridized carbons (Fsp3) is 0.657. The van der Waals surface area contributed by atoms with Crippen LogP contribution in [-0.4, -0.2) is 37.2 Å². The summed E-state index contributed by atoms with van der Waals surface area (Å²) in [5.41, 5.74) is 0. The zero-order chi connectivity index (χ0) is 52.9. The second-order valence-electron chi connectivity index (χ2n) is 19.5. The van der Waals surface area contributed by atoms with Crippen molar-refractivity contribution >= 4 is 17.9 Å². The first kappa shape index (κ1) is 68.8. The number of allylic oxidation sites excluding steroid dienone is 20. The molecule has 0 rings (SSSR count). The second kappa shape index (κ2) is 60.4. The molecule has 0 saturated carbocycles. The Hall–Kier alpha value is -4.19. The molecule has 0 aliphatic heterocycles. The topological polar surface area (TPSA) is 78.9 Å². The highest BCUT2D eigenvalue weighted by atomic mass is 16.6. The van der Waals surface area contributed by atoms with Gasteiger partial charge in [-0.2, -0.15) is 0 Å². The van der Waals surface area contributed by atoms with Crippen LogP contribution in [0.25, 0.3) is 0 Å². The molecule has 0 amide bonds. The maximum Gasteiger partial charge on any atom is 0.306 e. The van der Waals surface area contributed by atoms with E-state index in [-0.39, 0.29) is 37.5 Å². The highest BCUT2D eigenvalue weighted by Gasteiger charge is 2.19. The lowest BCUT2D eigenvalue weighted by atomic mass is 10.1. The largest absolute Gasteiger partial charge is 0.462 e. The Balaban J connectivity index is 4.48. The zero-order valence-electron chi connectivity index (χ0n) is 47.4. The summed E-state index contributed by atoms with van der Waals surface area (Å²) < 4.78 is 16.8. The van der Waals surface area contributed by atoms with Crippen LogP contribution >= 0.6 is 0 Å². The Kier molecular flexibility index (Phi) is 56.9. The summed E-state index contributed by atoms with van der Waals surface area (Å²) in [5, 5.41) is 0. The van der Waals surface area contributed by atoms with Crippen molar-refractivity contribution in [1.82, 2.24) is 0 Å². The maximum absolute atomic E-state index is 12.9. The lowest BCUT2D eigenvalue weighted by molar-refractivity contribution is -0.167. The van der Waals surface area contributed by atoms with Gasteiger partial charge in [-0.05, 0) is 128 Å². The number of esters is 3. The van der Waals surface area contributed by atoms with Crippen LogP contribution in [0.15, 0.2) is 122 Å². The van der Waals surface area contributed by atoms with Gasteiger partial charge >= 0.3 is 17.9 Å². The average Bonchev–Trinajstić information content (AvgIpc) is 3.39. The summed E-state index contributed by atoms with van der Waals surface area (Å²) in [6.07, 6.45) is 83.4. The first-order chi connectivity index (χ1) is 36.0. The molecule has 414 valence electrons. The standard InChI is InChI=1S/C67H110O6/c1-4-7-10-13-16-19-22-25-27-29-31-32-33-34-36-37-39-42-45-48-51-54-57-60-66(69)72-63-64(62-71-65(68)59-56-53-50-47-44-41-24-21-18-15-12-9-6-3)73-67(70)61-58-55-52-49-46-43-40-38-35-30-28-26-23-20-17-14-11-8-5-2/h7,10,16-17,19-21,24-28,31-32,34,36,39,42,48,51,64H,4-6,8-9,11-15,18,22-23,29-30,33,35,37-38,40-41,43-47,49-50,52-63H2,1-3H3/b10-7-,19-16-,20-17-,24-21-,27-25-,28-26-,32-31-,36-34-,42-39-,51-48-. The van der Waals surface area contributed by atoms with Crippen LogP contribution < -0.4 is 0 Å². The quantitative estimate of drug-likeness (QED) is 0.0261. The van der Waals surface area contributed by atoms with Gasteiger partial charge in [-0.15, -0.1) is 0 Å². The first-order valence-electron chi connectivity index (χ1n) is 30.0. The minimum Gasteiger partial charge on any atom is -0.462 e. The lowest BCUT2D eigenvalue weighted by Crippen LogP contribution is -2.30. The van der Waals surface area contributed by atoms with Crippen LogP contribution in [0.2, 0.25) is 0 Å². The van der Waals surface area contributed by atoms with E-state index in [4.69, 9.17) is 14.2 Å². The molecule has 6 heteroatoms. The molecule has 0 N–H and O–H groups in total. The molecule has 0 bridgehead atoms. The van der Waals surface area contributed by atoms with Gasteiger partial charge in [-0.25, -0.2) is 0 Å². The summed E-state index contributed by atoms with van der Waals surface area (Å²) >= 11 is 0. The van der Waals surface area contributed by atoms with Gasteiger partial charge in [0.25, 0.3) is 0 Å². The van der Waals surface area contributed by atoms with E-state index in [0.29, 0.717) is 19.3 Å². The number of carbonyl (C=O) groups is 3. The van der Waals surface area contributed by atoms with E-state index in [1.165, 1.54) is 109 Å². The van der Waals surface area contributed by atoms with Crippen LogP contribution in [0.5, 0.6) is 0 Å².